The lowest BCUT2D eigenvalue weighted by Gasteiger charge is -2.07. The number of benzene rings is 2. The first-order valence-corrected chi connectivity index (χ1v) is 11.2. The van der Waals surface area contributed by atoms with Crippen LogP contribution in [0.25, 0.3) is 16.6 Å². The normalized spacial score (nSPS) is 11.1. The van der Waals surface area contributed by atoms with Crippen molar-refractivity contribution in [2.45, 2.75) is 36.1 Å². The van der Waals surface area contributed by atoms with Gasteiger partial charge in [-0.05, 0) is 24.6 Å². The van der Waals surface area contributed by atoms with Crippen molar-refractivity contribution >= 4 is 40.2 Å². The molecule has 0 unspecified atom stereocenters. The highest BCUT2D eigenvalue weighted by Gasteiger charge is 2.25. The lowest BCUT2D eigenvalue weighted by molar-refractivity contribution is -0.136. The first-order valence-electron chi connectivity index (χ1n) is 9.98. The van der Waals surface area contributed by atoms with E-state index in [0.29, 0.717) is 22.5 Å². The van der Waals surface area contributed by atoms with Crippen LogP contribution in [0.2, 0.25) is 5.02 Å². The fourth-order valence-electron chi connectivity index (χ4n) is 3.61. The molecule has 0 aliphatic carbocycles. The van der Waals surface area contributed by atoms with Gasteiger partial charge in [0.1, 0.15) is 17.6 Å². The predicted molar refractivity (Wildman–Crippen MR) is 121 cm³/mol. The summed E-state index contributed by atoms with van der Waals surface area (Å²) in [6.45, 7) is 2.64. The molecule has 0 bridgehead atoms. The van der Waals surface area contributed by atoms with Crippen molar-refractivity contribution in [1.82, 2.24) is 14.3 Å². The van der Waals surface area contributed by atoms with Crippen LogP contribution in [0.4, 0.5) is 8.78 Å². The van der Waals surface area contributed by atoms with Crippen LogP contribution in [0.15, 0.2) is 52.5 Å². The van der Waals surface area contributed by atoms with E-state index in [9.17, 15) is 10.1 Å². The summed E-state index contributed by atoms with van der Waals surface area (Å²) in [5.41, 5.74) is 0.665. The lowest BCUT2D eigenvalue weighted by atomic mass is 10.1. The van der Waals surface area contributed by atoms with Gasteiger partial charge in [-0.15, -0.1) is 0 Å². The number of rotatable bonds is 7. The van der Waals surface area contributed by atoms with Crippen molar-refractivity contribution in [2.75, 3.05) is 0 Å². The average molecular weight is 487 g/mol. The van der Waals surface area contributed by atoms with Crippen LogP contribution in [-0.4, -0.2) is 25.4 Å². The average Bonchev–Trinajstić information content (AvgIpc) is 3.36. The van der Waals surface area contributed by atoms with Crippen molar-refractivity contribution in [1.29, 1.82) is 5.26 Å². The fraction of sp³-hybridized carbons (Fsp3) is 0.174. The lowest BCUT2D eigenvalue weighted by Crippen LogP contribution is -2.03. The van der Waals surface area contributed by atoms with E-state index in [0.717, 1.165) is 18.2 Å². The van der Waals surface area contributed by atoms with Crippen molar-refractivity contribution in [3.63, 3.8) is 0 Å². The molecule has 0 radical (unpaired) electrons. The highest BCUT2D eigenvalue weighted by atomic mass is 35.5. The molecule has 4 rings (SSSR count). The summed E-state index contributed by atoms with van der Waals surface area (Å²) in [4.78, 5) is 11.5. The molecule has 1 N–H and O–H groups in total. The zero-order valence-corrected chi connectivity index (χ0v) is 18.9. The van der Waals surface area contributed by atoms with Crippen LogP contribution < -0.4 is 0 Å². The third-order valence-corrected chi connectivity index (χ3v) is 6.45. The molecule has 33 heavy (non-hydrogen) atoms. The zero-order valence-electron chi connectivity index (χ0n) is 17.3. The van der Waals surface area contributed by atoms with Crippen LogP contribution in [0.3, 0.4) is 0 Å². The van der Waals surface area contributed by atoms with Crippen LogP contribution in [0.1, 0.15) is 24.6 Å². The SMILES string of the molecule is CCCn1cc(-n2c(C#N)c(Sc3cccc(CC(=O)O)c3F)c3ccc(Cl)c(F)c32)cn1. The molecule has 0 aliphatic heterocycles. The Bertz CT molecular complexity index is 1420. The second-order valence-corrected chi connectivity index (χ2v) is 8.71. The maximum Gasteiger partial charge on any atom is 0.307 e. The maximum absolute atomic E-state index is 15.2. The summed E-state index contributed by atoms with van der Waals surface area (Å²) >= 11 is 6.98. The molecule has 2 aromatic heterocycles. The number of nitrogens with zero attached hydrogens (tertiary/aromatic N) is 4. The summed E-state index contributed by atoms with van der Waals surface area (Å²) in [5.74, 6) is -2.56. The second kappa shape index (κ2) is 9.25. The third-order valence-electron chi connectivity index (χ3n) is 5.01. The highest BCUT2D eigenvalue weighted by molar-refractivity contribution is 7.99. The Hall–Kier alpha value is -3.35. The highest BCUT2D eigenvalue weighted by Crippen LogP contribution is 2.42. The minimum absolute atomic E-state index is 0.0183. The standard InChI is InChI=1S/C23H17ClF2N4O2S/c1-2-8-29-12-14(11-28-29)30-17(10-27)23(15-6-7-16(24)21(26)22(15)30)33-18-5-3-4-13(20(18)25)9-19(31)32/h3-7,11-12H,2,8-9H2,1H3,(H,31,32). The molecular weight excluding hydrogens is 470 g/mol. The van der Waals surface area contributed by atoms with Gasteiger partial charge in [-0.3, -0.25) is 14.0 Å². The Morgan fingerprint density at radius 3 is 2.76 bits per heavy atom. The maximum atomic E-state index is 15.2. The minimum atomic E-state index is -1.16. The number of hydrogen-bond acceptors (Lipinski definition) is 4. The summed E-state index contributed by atoms with van der Waals surface area (Å²) in [6.07, 6.45) is 3.59. The number of carboxylic acids is 1. The topological polar surface area (TPSA) is 83.8 Å². The monoisotopic (exact) mass is 486 g/mol. The summed E-state index contributed by atoms with van der Waals surface area (Å²) in [5, 5.41) is 23.6. The third kappa shape index (κ3) is 4.19. The number of halogens is 3. The van der Waals surface area contributed by atoms with Gasteiger partial charge in [0.05, 0.1) is 33.7 Å². The molecule has 4 aromatic rings. The number of hydrogen-bond donors (Lipinski definition) is 1. The Balaban J connectivity index is 1.94. The van der Waals surface area contributed by atoms with E-state index >= 15 is 8.78 Å². The van der Waals surface area contributed by atoms with E-state index in [4.69, 9.17) is 16.7 Å². The number of carbonyl (C=O) groups is 1. The van der Waals surface area contributed by atoms with Crippen LogP contribution in [-0.2, 0) is 17.8 Å². The van der Waals surface area contributed by atoms with Crippen molar-refractivity contribution in [3.05, 3.63) is 70.6 Å². The fourth-order valence-corrected chi connectivity index (χ4v) is 4.86. The molecule has 0 aliphatic rings. The van der Waals surface area contributed by atoms with Crippen molar-refractivity contribution < 1.29 is 18.7 Å². The van der Waals surface area contributed by atoms with Gasteiger partial charge in [-0.1, -0.05) is 42.4 Å². The van der Waals surface area contributed by atoms with Crippen LogP contribution >= 0.6 is 23.4 Å². The number of aliphatic carboxylic acids is 1. The smallest absolute Gasteiger partial charge is 0.307 e. The van der Waals surface area contributed by atoms with E-state index in [-0.39, 0.29) is 26.7 Å². The van der Waals surface area contributed by atoms with Gasteiger partial charge in [0.2, 0.25) is 0 Å². The van der Waals surface area contributed by atoms with E-state index < -0.39 is 24.0 Å². The summed E-state index contributed by atoms with van der Waals surface area (Å²) in [7, 11) is 0. The van der Waals surface area contributed by atoms with Gasteiger partial charge < -0.3 is 5.11 Å². The number of fused-ring (bicyclic) bond motifs is 1. The number of aromatic nitrogens is 3. The van der Waals surface area contributed by atoms with E-state index in [1.807, 2.05) is 6.92 Å². The molecule has 0 atom stereocenters. The Kier molecular flexibility index (Phi) is 6.40. The van der Waals surface area contributed by atoms with Gasteiger partial charge in [-0.25, -0.2) is 8.78 Å². The largest absolute Gasteiger partial charge is 0.481 e. The molecule has 0 amide bonds. The second-order valence-electron chi connectivity index (χ2n) is 7.25. The number of aryl methyl sites for hydroxylation is 1. The molecule has 6 nitrogen and oxygen atoms in total. The van der Waals surface area contributed by atoms with Gasteiger partial charge in [-0.2, -0.15) is 10.4 Å². The van der Waals surface area contributed by atoms with Gasteiger partial charge in [0.15, 0.2) is 5.82 Å². The molecule has 0 saturated carbocycles. The summed E-state index contributed by atoms with van der Waals surface area (Å²) < 4.78 is 33.4. The molecule has 0 spiro atoms. The number of nitriles is 1. The molecule has 168 valence electrons. The quantitative estimate of drug-likeness (QED) is 0.356. The molecule has 0 saturated heterocycles. The Morgan fingerprint density at radius 2 is 2.06 bits per heavy atom. The molecular formula is C23H17ClF2N4O2S. The zero-order chi connectivity index (χ0) is 23.7. The van der Waals surface area contributed by atoms with Gasteiger partial charge in [0.25, 0.3) is 0 Å². The van der Waals surface area contributed by atoms with Crippen molar-refractivity contribution in [2.24, 2.45) is 0 Å². The van der Waals surface area contributed by atoms with E-state index in [2.05, 4.69) is 11.2 Å². The van der Waals surface area contributed by atoms with Crippen LogP contribution in [0.5, 0.6) is 0 Å². The Labute approximate surface area is 197 Å². The van der Waals surface area contributed by atoms with E-state index in [1.165, 1.54) is 29.0 Å². The first-order chi connectivity index (χ1) is 15.8. The Morgan fingerprint density at radius 1 is 1.27 bits per heavy atom. The van der Waals surface area contributed by atoms with Gasteiger partial charge >= 0.3 is 5.97 Å². The van der Waals surface area contributed by atoms with E-state index in [1.54, 1.807) is 23.0 Å². The molecule has 2 aromatic carbocycles. The predicted octanol–water partition coefficient (Wildman–Crippen LogP) is 5.82. The molecule has 0 fully saturated rings. The summed E-state index contributed by atoms with van der Waals surface area (Å²) in [6, 6.07) is 9.49. The molecule has 2 heterocycles. The molecule has 10 heteroatoms. The van der Waals surface area contributed by atoms with Gasteiger partial charge in [0, 0.05) is 28.6 Å². The minimum Gasteiger partial charge on any atom is -0.481 e. The number of carboxylic acid groups (broad SMARTS) is 1. The van der Waals surface area contributed by atoms with Crippen LogP contribution in [0, 0.1) is 23.0 Å². The first kappa shape index (κ1) is 22.8. The van der Waals surface area contributed by atoms with Crippen molar-refractivity contribution in [3.8, 4) is 11.8 Å².